The van der Waals surface area contributed by atoms with Gasteiger partial charge in [0.25, 0.3) is 12.0 Å². The van der Waals surface area contributed by atoms with E-state index < -0.39 is 30.9 Å². The summed E-state index contributed by atoms with van der Waals surface area (Å²) in [7, 11) is 0. The number of aromatic nitrogens is 2. The summed E-state index contributed by atoms with van der Waals surface area (Å²) < 4.78 is 40.2. The van der Waals surface area contributed by atoms with Crippen molar-refractivity contribution in [2.45, 2.75) is 39.4 Å². The van der Waals surface area contributed by atoms with Gasteiger partial charge in [-0.1, -0.05) is 0 Å². The lowest BCUT2D eigenvalue weighted by Crippen LogP contribution is -2.41. The molecule has 148 valence electrons. The number of nitrogens with one attached hydrogen (secondary N) is 1. The van der Waals surface area contributed by atoms with Gasteiger partial charge in [0.1, 0.15) is 4.83 Å². The van der Waals surface area contributed by atoms with Crippen LogP contribution in [0, 0.1) is 6.92 Å². The monoisotopic (exact) mass is 420 g/mol. The Morgan fingerprint density at radius 1 is 1.30 bits per heavy atom. The molecule has 0 spiro atoms. The molecule has 2 aromatic rings. The van der Waals surface area contributed by atoms with Crippen molar-refractivity contribution < 1.29 is 13.2 Å². The van der Waals surface area contributed by atoms with Gasteiger partial charge in [-0.2, -0.15) is 0 Å². The molecule has 0 bridgehead atoms. The molecule has 0 radical (unpaired) electrons. The van der Waals surface area contributed by atoms with Gasteiger partial charge in [-0.3, -0.25) is 18.3 Å². The molecule has 3 heterocycles. The van der Waals surface area contributed by atoms with Crippen molar-refractivity contribution >= 4 is 38.9 Å². The number of aryl methyl sites for hydroxylation is 2. The van der Waals surface area contributed by atoms with Crippen LogP contribution < -0.4 is 16.6 Å². The maximum absolute atomic E-state index is 12.9. The molecule has 0 aliphatic carbocycles. The number of hydrogen-bond donors (Lipinski definition) is 1. The lowest BCUT2D eigenvalue weighted by atomic mass is 10.2. The first kappa shape index (κ1) is 19.9. The Morgan fingerprint density at radius 2 is 2.04 bits per heavy atom. The number of hydrogen-bond acceptors (Lipinski definition) is 4. The zero-order valence-corrected chi connectivity index (χ0v) is 16.3. The van der Waals surface area contributed by atoms with Crippen molar-refractivity contribution in [3.05, 3.63) is 31.3 Å². The molecule has 11 heteroatoms. The number of nitrogens with zero attached hydrogens (tertiary/aromatic N) is 3. The summed E-state index contributed by atoms with van der Waals surface area (Å²) in [5, 5.41) is 3.90. The van der Waals surface area contributed by atoms with E-state index in [-0.39, 0.29) is 18.4 Å². The fourth-order valence-corrected chi connectivity index (χ4v) is 4.73. The summed E-state index contributed by atoms with van der Waals surface area (Å²) in [5.41, 5.74) is -0.909. The highest BCUT2D eigenvalue weighted by molar-refractivity contribution is 7.80. The van der Waals surface area contributed by atoms with E-state index in [1.807, 2.05) is 4.90 Å². The Labute approximate surface area is 162 Å². The van der Waals surface area contributed by atoms with Crippen molar-refractivity contribution in [3.8, 4) is 0 Å². The Kier molecular flexibility index (Phi) is 5.89. The minimum absolute atomic E-state index is 0.0262. The normalized spacial score (nSPS) is 14.6. The Morgan fingerprint density at radius 3 is 2.63 bits per heavy atom. The Bertz CT molecular complexity index is 983. The molecule has 27 heavy (non-hydrogen) atoms. The maximum atomic E-state index is 12.9. The van der Waals surface area contributed by atoms with E-state index in [4.69, 9.17) is 12.2 Å². The van der Waals surface area contributed by atoms with Crippen LogP contribution in [0.1, 0.15) is 16.9 Å². The van der Waals surface area contributed by atoms with Gasteiger partial charge in [0.2, 0.25) is 0 Å². The molecule has 6 nitrogen and oxygen atoms in total. The SMILES string of the molecule is Cc1c(CN2CCNC2=S)sc2c1c(=O)n(CC(F)F)c(=O)n2CCCF. The van der Waals surface area contributed by atoms with Gasteiger partial charge < -0.3 is 10.2 Å². The van der Waals surface area contributed by atoms with Gasteiger partial charge in [-0.05, 0) is 31.1 Å². The van der Waals surface area contributed by atoms with Crippen LogP contribution >= 0.6 is 23.6 Å². The number of thiocarbonyl (C=S) groups is 1. The molecule has 0 unspecified atom stereocenters. The van der Waals surface area contributed by atoms with Gasteiger partial charge in [0, 0.05) is 24.5 Å². The molecule has 3 rings (SSSR count). The summed E-state index contributed by atoms with van der Waals surface area (Å²) in [6.45, 7) is 2.04. The molecule has 2 aromatic heterocycles. The molecule has 0 atom stereocenters. The largest absolute Gasteiger partial charge is 0.361 e. The Balaban J connectivity index is 2.18. The van der Waals surface area contributed by atoms with Crippen molar-refractivity contribution in [2.24, 2.45) is 0 Å². The zero-order valence-electron chi connectivity index (χ0n) is 14.6. The smallest absolute Gasteiger partial charge is 0.332 e. The molecule has 0 saturated carbocycles. The van der Waals surface area contributed by atoms with E-state index in [9.17, 15) is 22.8 Å². The van der Waals surface area contributed by atoms with Crippen molar-refractivity contribution in [1.82, 2.24) is 19.4 Å². The first-order chi connectivity index (χ1) is 12.8. The van der Waals surface area contributed by atoms with Gasteiger partial charge in [0.15, 0.2) is 5.11 Å². The van der Waals surface area contributed by atoms with Crippen LogP contribution in [0.25, 0.3) is 10.2 Å². The number of alkyl halides is 3. The first-order valence-corrected chi connectivity index (χ1v) is 9.70. The predicted molar refractivity (Wildman–Crippen MR) is 103 cm³/mol. The average Bonchev–Trinajstić information content (AvgIpc) is 3.16. The van der Waals surface area contributed by atoms with Gasteiger partial charge in [-0.15, -0.1) is 11.3 Å². The number of fused-ring (bicyclic) bond motifs is 1. The van der Waals surface area contributed by atoms with Gasteiger partial charge in [-0.25, -0.2) is 13.6 Å². The van der Waals surface area contributed by atoms with Crippen molar-refractivity contribution in [2.75, 3.05) is 19.8 Å². The predicted octanol–water partition coefficient (Wildman–Crippen LogP) is 1.85. The first-order valence-electron chi connectivity index (χ1n) is 8.47. The second kappa shape index (κ2) is 8.01. The number of thiophene rings is 1. The standard InChI is InChI=1S/C16H19F3N4O2S2/c1-9-10(7-21-6-4-20-15(21)26)27-14-12(9)13(24)23(8-11(18)19)16(25)22(14)5-2-3-17/h11H,2-8H2,1H3,(H,20,26). The third-order valence-electron chi connectivity index (χ3n) is 4.51. The van der Waals surface area contributed by atoms with Crippen LogP contribution in [0.2, 0.25) is 0 Å². The highest BCUT2D eigenvalue weighted by Gasteiger charge is 2.24. The van der Waals surface area contributed by atoms with Crippen molar-refractivity contribution in [1.29, 1.82) is 0 Å². The molecule has 1 aliphatic rings. The molecule has 1 aliphatic heterocycles. The minimum Gasteiger partial charge on any atom is -0.361 e. The molecule has 1 fully saturated rings. The molecule has 1 N–H and O–H groups in total. The second-order valence-electron chi connectivity index (χ2n) is 6.27. The van der Waals surface area contributed by atoms with Crippen LogP contribution in [0.5, 0.6) is 0 Å². The number of halogens is 3. The second-order valence-corrected chi connectivity index (χ2v) is 7.74. The molecule has 0 amide bonds. The summed E-state index contributed by atoms with van der Waals surface area (Å²) in [6, 6.07) is 0. The summed E-state index contributed by atoms with van der Waals surface area (Å²) in [6.07, 6.45) is -2.78. The van der Waals surface area contributed by atoms with Crippen LogP contribution in [0.15, 0.2) is 9.59 Å². The quantitative estimate of drug-likeness (QED) is 0.693. The van der Waals surface area contributed by atoms with Crippen LogP contribution in [0.3, 0.4) is 0 Å². The van der Waals surface area contributed by atoms with E-state index in [1.165, 1.54) is 15.9 Å². The molecule has 1 saturated heterocycles. The van der Waals surface area contributed by atoms with E-state index in [0.29, 0.717) is 26.6 Å². The zero-order chi connectivity index (χ0) is 19.7. The number of rotatable bonds is 7. The molecule has 0 aromatic carbocycles. The Hall–Kier alpha value is -1.88. The van der Waals surface area contributed by atoms with E-state index in [1.54, 1.807) is 6.92 Å². The highest BCUT2D eigenvalue weighted by Crippen LogP contribution is 2.29. The van der Waals surface area contributed by atoms with E-state index >= 15 is 0 Å². The summed E-state index contributed by atoms with van der Waals surface area (Å²) in [5.74, 6) is 0. The van der Waals surface area contributed by atoms with Crippen LogP contribution in [-0.2, 0) is 19.6 Å². The molecular formula is C16H19F3N4O2S2. The summed E-state index contributed by atoms with van der Waals surface area (Å²) in [4.78, 5) is 28.5. The lowest BCUT2D eigenvalue weighted by Gasteiger charge is -2.15. The maximum Gasteiger partial charge on any atom is 0.332 e. The third kappa shape index (κ3) is 3.75. The summed E-state index contributed by atoms with van der Waals surface area (Å²) >= 11 is 6.49. The highest BCUT2D eigenvalue weighted by atomic mass is 32.1. The van der Waals surface area contributed by atoms with Crippen LogP contribution in [0.4, 0.5) is 13.2 Å². The van der Waals surface area contributed by atoms with Crippen molar-refractivity contribution in [3.63, 3.8) is 0 Å². The van der Waals surface area contributed by atoms with E-state index in [2.05, 4.69) is 5.32 Å². The van der Waals surface area contributed by atoms with Gasteiger partial charge in [0.05, 0.1) is 25.2 Å². The van der Waals surface area contributed by atoms with Gasteiger partial charge >= 0.3 is 5.69 Å². The fourth-order valence-electron chi connectivity index (χ4n) is 3.14. The lowest BCUT2D eigenvalue weighted by molar-refractivity contribution is 0.123. The fraction of sp³-hybridized carbons (Fsp3) is 0.562. The van der Waals surface area contributed by atoms with Crippen LogP contribution in [-0.4, -0.2) is 45.3 Å². The van der Waals surface area contributed by atoms with E-state index in [0.717, 1.165) is 18.0 Å². The average molecular weight is 420 g/mol. The third-order valence-corrected chi connectivity index (χ3v) is 6.21. The minimum atomic E-state index is -2.84. The topological polar surface area (TPSA) is 59.3 Å². The molecular weight excluding hydrogens is 401 g/mol.